The van der Waals surface area contributed by atoms with Crippen LogP contribution in [0.25, 0.3) is 28.2 Å². The first-order chi connectivity index (χ1) is 11.3. The molecule has 0 radical (unpaired) electrons. The number of halogens is 1. The first-order valence-corrected chi connectivity index (χ1v) is 7.27. The van der Waals surface area contributed by atoms with Crippen LogP contribution in [0.4, 0.5) is 5.82 Å². The van der Waals surface area contributed by atoms with E-state index in [1.807, 2.05) is 65.1 Å². The Hall–Kier alpha value is -3.05. The molecule has 118 valence electrons. The van der Waals surface area contributed by atoms with Crippen molar-refractivity contribution in [1.29, 1.82) is 0 Å². The van der Waals surface area contributed by atoms with Gasteiger partial charge >= 0.3 is 0 Å². The summed E-state index contributed by atoms with van der Waals surface area (Å²) >= 11 is 0. The normalized spacial score (nSPS) is 10.3. The SMILES string of the molecule is Nc1cc2nnc(-c3ccccc3)c(-c3ccccc3)[n+]2cn1.[Cl-]. The maximum Gasteiger partial charge on any atom is 0.298 e. The molecular weight excluding hydrogens is 322 g/mol. The number of hydrogen-bond donors (Lipinski definition) is 1. The van der Waals surface area contributed by atoms with Crippen molar-refractivity contribution in [3.8, 4) is 22.5 Å². The zero-order valence-electron chi connectivity index (χ0n) is 12.7. The molecule has 0 aliphatic heterocycles. The highest BCUT2D eigenvalue weighted by Crippen LogP contribution is 2.26. The molecule has 0 saturated heterocycles. The Bertz CT molecular complexity index is 974. The maximum atomic E-state index is 5.77. The van der Waals surface area contributed by atoms with Crippen molar-refractivity contribution in [2.24, 2.45) is 0 Å². The van der Waals surface area contributed by atoms with Gasteiger partial charge in [0.05, 0.1) is 6.07 Å². The number of nitrogens with two attached hydrogens (primary N) is 1. The second-order valence-corrected chi connectivity index (χ2v) is 5.17. The lowest BCUT2D eigenvalue weighted by molar-refractivity contribution is -0.506. The summed E-state index contributed by atoms with van der Waals surface area (Å²) in [5.74, 6) is 0.422. The van der Waals surface area contributed by atoms with E-state index in [-0.39, 0.29) is 12.4 Å². The van der Waals surface area contributed by atoms with Gasteiger partial charge < -0.3 is 18.1 Å². The van der Waals surface area contributed by atoms with E-state index >= 15 is 0 Å². The molecule has 24 heavy (non-hydrogen) atoms. The number of nitrogens with zero attached hydrogens (tertiary/aromatic N) is 4. The Morgan fingerprint density at radius 2 is 1.42 bits per heavy atom. The molecule has 2 aromatic carbocycles. The fourth-order valence-electron chi connectivity index (χ4n) is 2.60. The standard InChI is InChI=1S/C18H13N5.ClH/c19-15-11-16-21-22-17(13-7-3-1-4-8-13)18(23(16)12-20-15)14-9-5-2-6-10-14;/h1-12,19H;1H. The Morgan fingerprint density at radius 3 is 2.08 bits per heavy atom. The molecule has 0 saturated carbocycles. The summed E-state index contributed by atoms with van der Waals surface area (Å²) in [5, 5.41) is 8.74. The average Bonchev–Trinajstić information content (AvgIpc) is 2.62. The van der Waals surface area contributed by atoms with Crippen LogP contribution in [-0.4, -0.2) is 15.2 Å². The number of aromatic nitrogens is 4. The highest BCUT2D eigenvalue weighted by Gasteiger charge is 2.19. The van der Waals surface area contributed by atoms with E-state index in [1.165, 1.54) is 0 Å². The summed E-state index contributed by atoms with van der Waals surface area (Å²) in [4.78, 5) is 4.20. The molecule has 0 unspecified atom stereocenters. The summed E-state index contributed by atoms with van der Waals surface area (Å²) in [5.41, 5.74) is 10.2. The van der Waals surface area contributed by atoms with E-state index in [0.717, 1.165) is 22.5 Å². The van der Waals surface area contributed by atoms with Crippen LogP contribution in [0, 0.1) is 0 Å². The van der Waals surface area contributed by atoms with Gasteiger partial charge in [0, 0.05) is 16.2 Å². The molecule has 2 N–H and O–H groups in total. The zero-order chi connectivity index (χ0) is 15.6. The second-order valence-electron chi connectivity index (χ2n) is 5.17. The third kappa shape index (κ3) is 2.77. The van der Waals surface area contributed by atoms with E-state index in [9.17, 15) is 0 Å². The van der Waals surface area contributed by atoms with E-state index in [1.54, 1.807) is 12.4 Å². The van der Waals surface area contributed by atoms with Crippen LogP contribution in [0.1, 0.15) is 0 Å². The minimum absolute atomic E-state index is 0. The van der Waals surface area contributed by atoms with E-state index in [4.69, 9.17) is 5.73 Å². The van der Waals surface area contributed by atoms with Crippen LogP contribution in [0.2, 0.25) is 0 Å². The van der Waals surface area contributed by atoms with Crippen molar-refractivity contribution in [1.82, 2.24) is 15.2 Å². The highest BCUT2D eigenvalue weighted by atomic mass is 35.5. The van der Waals surface area contributed by atoms with Crippen molar-refractivity contribution in [3.63, 3.8) is 0 Å². The van der Waals surface area contributed by atoms with Crippen LogP contribution < -0.4 is 22.5 Å². The van der Waals surface area contributed by atoms with Gasteiger partial charge in [-0.25, -0.2) is 0 Å². The lowest BCUT2D eigenvalue weighted by atomic mass is 10.0. The van der Waals surface area contributed by atoms with Gasteiger partial charge in [0.15, 0.2) is 0 Å². The minimum atomic E-state index is 0. The molecule has 0 spiro atoms. The van der Waals surface area contributed by atoms with Gasteiger partial charge in [-0.2, -0.15) is 4.40 Å². The number of fused-ring (bicyclic) bond motifs is 1. The molecule has 0 fully saturated rings. The Balaban J connectivity index is 0.00000169. The molecule has 0 aliphatic carbocycles. The third-order valence-corrected chi connectivity index (χ3v) is 3.66. The number of nitrogen functional groups attached to an aromatic ring is 1. The molecule has 2 heterocycles. The monoisotopic (exact) mass is 335 g/mol. The van der Waals surface area contributed by atoms with E-state index < -0.39 is 0 Å². The summed E-state index contributed by atoms with van der Waals surface area (Å²) < 4.78 is 1.92. The smallest absolute Gasteiger partial charge is 0.298 e. The van der Waals surface area contributed by atoms with Gasteiger partial charge in [0.25, 0.3) is 5.65 Å². The fourth-order valence-corrected chi connectivity index (χ4v) is 2.60. The number of benzene rings is 2. The van der Waals surface area contributed by atoms with Crippen molar-refractivity contribution in [3.05, 3.63) is 73.1 Å². The quantitative estimate of drug-likeness (QED) is 0.503. The average molecular weight is 336 g/mol. The summed E-state index contributed by atoms with van der Waals surface area (Å²) in [6.45, 7) is 0. The molecule has 0 atom stereocenters. The van der Waals surface area contributed by atoms with Gasteiger partial charge in [-0.15, -0.1) is 0 Å². The first-order valence-electron chi connectivity index (χ1n) is 7.27. The Morgan fingerprint density at radius 1 is 0.792 bits per heavy atom. The van der Waals surface area contributed by atoms with Gasteiger partial charge in [-0.1, -0.05) is 70.7 Å². The molecule has 6 heteroatoms. The van der Waals surface area contributed by atoms with Crippen molar-refractivity contribution < 1.29 is 16.8 Å². The van der Waals surface area contributed by atoms with Gasteiger partial charge in [-0.3, -0.25) is 0 Å². The Labute approximate surface area is 145 Å². The lowest BCUT2D eigenvalue weighted by Crippen LogP contribution is -3.00. The molecule has 4 rings (SSSR count). The summed E-state index contributed by atoms with van der Waals surface area (Å²) in [7, 11) is 0. The van der Waals surface area contributed by atoms with Crippen LogP contribution in [0.3, 0.4) is 0 Å². The zero-order valence-corrected chi connectivity index (χ0v) is 13.4. The number of anilines is 1. The number of rotatable bonds is 2. The first kappa shape index (κ1) is 15.8. The van der Waals surface area contributed by atoms with Crippen molar-refractivity contribution in [2.75, 3.05) is 5.73 Å². The molecule has 5 nitrogen and oxygen atoms in total. The summed E-state index contributed by atoms with van der Waals surface area (Å²) in [6, 6.07) is 21.8. The molecule has 2 aromatic heterocycles. The second kappa shape index (κ2) is 6.60. The molecular formula is C18H14ClN5. The van der Waals surface area contributed by atoms with Crippen molar-refractivity contribution >= 4 is 11.5 Å². The van der Waals surface area contributed by atoms with Gasteiger partial charge in [-0.05, 0) is 0 Å². The topological polar surface area (TPSA) is 68.8 Å². The summed E-state index contributed by atoms with van der Waals surface area (Å²) in [6.07, 6.45) is 1.69. The Kier molecular flexibility index (Phi) is 4.35. The van der Waals surface area contributed by atoms with Crippen molar-refractivity contribution in [2.45, 2.75) is 0 Å². The predicted molar refractivity (Wildman–Crippen MR) is 88.3 cm³/mol. The van der Waals surface area contributed by atoms with Crippen LogP contribution in [0.5, 0.6) is 0 Å². The van der Waals surface area contributed by atoms with Gasteiger partial charge in [0.2, 0.25) is 12.1 Å². The highest BCUT2D eigenvalue weighted by molar-refractivity contribution is 5.75. The maximum absolute atomic E-state index is 5.77. The largest absolute Gasteiger partial charge is 1.00 e. The fraction of sp³-hybridized carbons (Fsp3) is 0. The molecule has 0 aliphatic rings. The third-order valence-electron chi connectivity index (χ3n) is 3.66. The van der Waals surface area contributed by atoms with Crippen LogP contribution in [0.15, 0.2) is 73.1 Å². The van der Waals surface area contributed by atoms with Gasteiger partial charge in [0.1, 0.15) is 11.4 Å². The van der Waals surface area contributed by atoms with E-state index in [2.05, 4.69) is 15.2 Å². The number of hydrogen-bond acceptors (Lipinski definition) is 4. The van der Waals surface area contributed by atoms with Crippen LogP contribution >= 0.6 is 0 Å². The molecule has 0 amide bonds. The van der Waals surface area contributed by atoms with E-state index in [0.29, 0.717) is 11.5 Å². The predicted octanol–water partition coefficient (Wildman–Crippen LogP) is -0.470. The molecule has 0 bridgehead atoms. The van der Waals surface area contributed by atoms with Crippen LogP contribution in [-0.2, 0) is 0 Å². The lowest BCUT2D eigenvalue weighted by Gasteiger charge is -2.08. The molecule has 4 aromatic rings. The minimum Gasteiger partial charge on any atom is -1.00 e.